The second kappa shape index (κ2) is 6.15. The van der Waals surface area contributed by atoms with Crippen LogP contribution < -0.4 is 0 Å². The van der Waals surface area contributed by atoms with Crippen molar-refractivity contribution in [2.75, 3.05) is 6.61 Å². The van der Waals surface area contributed by atoms with Crippen LogP contribution >= 0.6 is 0 Å². The standard InChI is InChI=1S/C11H20O4Si/c1-4-14-10(16(2)3)6-5-8-7-9(12)15-11(8)13/h8,10,16H,4-7H2,1-3H3. The maximum atomic E-state index is 11.3. The van der Waals surface area contributed by atoms with E-state index >= 15 is 0 Å². The topological polar surface area (TPSA) is 52.6 Å². The molecule has 0 bridgehead atoms. The van der Waals surface area contributed by atoms with E-state index in [0.717, 1.165) is 6.42 Å². The lowest BCUT2D eigenvalue weighted by Crippen LogP contribution is -2.29. The van der Waals surface area contributed by atoms with E-state index in [1.54, 1.807) is 0 Å². The van der Waals surface area contributed by atoms with Crippen LogP contribution in [0.1, 0.15) is 26.2 Å². The summed E-state index contributed by atoms with van der Waals surface area (Å²) in [5, 5.41) is 0. The third-order valence-electron chi connectivity index (χ3n) is 2.88. The summed E-state index contributed by atoms with van der Waals surface area (Å²) in [7, 11) is -0.859. The molecule has 16 heavy (non-hydrogen) atoms. The lowest BCUT2D eigenvalue weighted by atomic mass is 10.0. The fraction of sp³-hybridized carbons (Fsp3) is 0.818. The summed E-state index contributed by atoms with van der Waals surface area (Å²) in [5.41, 5.74) is 0.300. The summed E-state index contributed by atoms with van der Waals surface area (Å²) >= 11 is 0. The van der Waals surface area contributed by atoms with Gasteiger partial charge in [0.05, 0.1) is 21.1 Å². The Morgan fingerprint density at radius 3 is 2.62 bits per heavy atom. The molecule has 1 aliphatic rings. The predicted octanol–water partition coefficient (Wildman–Crippen LogP) is 1.29. The predicted molar refractivity (Wildman–Crippen MR) is 62.7 cm³/mol. The Kier molecular flexibility index (Phi) is 5.14. The van der Waals surface area contributed by atoms with Crippen molar-refractivity contribution in [1.82, 2.24) is 0 Å². The van der Waals surface area contributed by atoms with Crippen molar-refractivity contribution in [2.45, 2.75) is 45.0 Å². The smallest absolute Gasteiger partial charge is 0.317 e. The molecule has 0 aromatic heterocycles. The largest absolute Gasteiger partial charge is 0.393 e. The molecule has 1 fully saturated rings. The van der Waals surface area contributed by atoms with Gasteiger partial charge in [-0.1, -0.05) is 13.1 Å². The van der Waals surface area contributed by atoms with E-state index in [9.17, 15) is 9.59 Å². The van der Waals surface area contributed by atoms with E-state index in [0.29, 0.717) is 18.8 Å². The molecule has 2 unspecified atom stereocenters. The quantitative estimate of drug-likeness (QED) is 0.401. The molecule has 0 N–H and O–H groups in total. The summed E-state index contributed by atoms with van der Waals surface area (Å²) in [4.78, 5) is 22.2. The van der Waals surface area contributed by atoms with Crippen molar-refractivity contribution in [3.63, 3.8) is 0 Å². The molecule has 0 saturated carbocycles. The van der Waals surface area contributed by atoms with Gasteiger partial charge in [0.25, 0.3) is 0 Å². The summed E-state index contributed by atoms with van der Waals surface area (Å²) in [5.74, 6) is -0.973. The van der Waals surface area contributed by atoms with E-state index in [-0.39, 0.29) is 24.3 Å². The van der Waals surface area contributed by atoms with Crippen molar-refractivity contribution >= 4 is 20.7 Å². The van der Waals surface area contributed by atoms with Gasteiger partial charge in [0, 0.05) is 12.3 Å². The van der Waals surface area contributed by atoms with E-state index < -0.39 is 8.80 Å². The van der Waals surface area contributed by atoms with Crippen molar-refractivity contribution in [3.8, 4) is 0 Å². The lowest BCUT2D eigenvalue weighted by Gasteiger charge is -2.20. The van der Waals surface area contributed by atoms with Crippen LogP contribution in [0.5, 0.6) is 0 Å². The number of rotatable bonds is 6. The molecular weight excluding hydrogens is 224 g/mol. The van der Waals surface area contributed by atoms with Crippen molar-refractivity contribution in [2.24, 2.45) is 5.92 Å². The second-order valence-corrected chi connectivity index (χ2v) is 7.74. The molecule has 0 aromatic rings. The molecule has 1 saturated heterocycles. The Morgan fingerprint density at radius 2 is 2.19 bits per heavy atom. The molecule has 1 rings (SSSR count). The van der Waals surface area contributed by atoms with Crippen LogP contribution in [0.25, 0.3) is 0 Å². The minimum Gasteiger partial charge on any atom is -0.393 e. The number of hydrogen-bond acceptors (Lipinski definition) is 4. The zero-order valence-electron chi connectivity index (χ0n) is 10.2. The highest BCUT2D eigenvalue weighted by Crippen LogP contribution is 2.22. The van der Waals surface area contributed by atoms with Gasteiger partial charge < -0.3 is 9.47 Å². The van der Waals surface area contributed by atoms with Crippen LogP contribution in [0, 0.1) is 5.92 Å². The molecule has 2 atom stereocenters. The van der Waals surface area contributed by atoms with Crippen molar-refractivity contribution in [3.05, 3.63) is 0 Å². The summed E-state index contributed by atoms with van der Waals surface area (Å²) in [6.45, 7) is 7.16. The summed E-state index contributed by atoms with van der Waals surface area (Å²) < 4.78 is 10.2. The molecule has 0 amide bonds. The fourth-order valence-corrected chi connectivity index (χ4v) is 3.37. The first-order chi connectivity index (χ1) is 7.54. The van der Waals surface area contributed by atoms with E-state index in [4.69, 9.17) is 4.74 Å². The van der Waals surface area contributed by atoms with Crippen LogP contribution in [0.4, 0.5) is 0 Å². The SMILES string of the molecule is CCOC(CCC1CC(=O)OC1=O)[SiH](C)C. The number of carbonyl (C=O) groups excluding carboxylic acids is 2. The van der Waals surface area contributed by atoms with E-state index in [1.807, 2.05) is 6.92 Å². The van der Waals surface area contributed by atoms with E-state index in [2.05, 4.69) is 17.8 Å². The lowest BCUT2D eigenvalue weighted by molar-refractivity contribution is -0.153. The third kappa shape index (κ3) is 3.72. The van der Waals surface area contributed by atoms with Crippen molar-refractivity contribution < 1.29 is 19.1 Å². The average molecular weight is 244 g/mol. The molecule has 0 aliphatic carbocycles. The first-order valence-electron chi connectivity index (χ1n) is 5.90. The van der Waals surface area contributed by atoms with Crippen LogP contribution in [0.3, 0.4) is 0 Å². The first kappa shape index (κ1) is 13.4. The van der Waals surface area contributed by atoms with Gasteiger partial charge in [0.1, 0.15) is 0 Å². The second-order valence-electron chi connectivity index (χ2n) is 4.51. The van der Waals surface area contributed by atoms with E-state index in [1.165, 1.54) is 0 Å². The zero-order valence-corrected chi connectivity index (χ0v) is 11.3. The van der Waals surface area contributed by atoms with Gasteiger partial charge in [0.15, 0.2) is 0 Å². The third-order valence-corrected chi connectivity index (χ3v) is 4.90. The Morgan fingerprint density at radius 1 is 1.50 bits per heavy atom. The molecule has 5 heteroatoms. The average Bonchev–Trinajstić information content (AvgIpc) is 2.51. The van der Waals surface area contributed by atoms with Crippen LogP contribution in [-0.2, 0) is 19.1 Å². The van der Waals surface area contributed by atoms with Gasteiger partial charge in [-0.25, -0.2) is 0 Å². The molecule has 0 radical (unpaired) electrons. The normalized spacial score (nSPS) is 22.6. The maximum Gasteiger partial charge on any atom is 0.317 e. The van der Waals surface area contributed by atoms with Gasteiger partial charge in [-0.2, -0.15) is 0 Å². The Bertz CT molecular complexity index is 265. The Hall–Kier alpha value is -0.683. The first-order valence-corrected chi connectivity index (χ1v) is 8.88. The fourth-order valence-electron chi connectivity index (χ4n) is 1.93. The molecule has 4 nitrogen and oxygen atoms in total. The van der Waals surface area contributed by atoms with Crippen LogP contribution in [0.2, 0.25) is 13.1 Å². The minimum absolute atomic E-state index is 0.233. The number of esters is 2. The van der Waals surface area contributed by atoms with Gasteiger partial charge in [0.2, 0.25) is 0 Å². The number of ether oxygens (including phenoxy) is 2. The van der Waals surface area contributed by atoms with Crippen molar-refractivity contribution in [1.29, 1.82) is 0 Å². The monoisotopic (exact) mass is 244 g/mol. The summed E-state index contributed by atoms with van der Waals surface area (Å²) in [6.07, 6.45) is 1.82. The maximum absolute atomic E-state index is 11.3. The van der Waals surface area contributed by atoms with Gasteiger partial charge >= 0.3 is 11.9 Å². The Balaban J connectivity index is 2.37. The molecular formula is C11H20O4Si. The number of hydrogen-bond donors (Lipinski definition) is 0. The molecule has 1 heterocycles. The molecule has 0 aromatic carbocycles. The highest BCUT2D eigenvalue weighted by Gasteiger charge is 2.33. The number of cyclic esters (lactones) is 2. The van der Waals surface area contributed by atoms with Gasteiger partial charge in [-0.05, 0) is 19.8 Å². The zero-order chi connectivity index (χ0) is 12.1. The molecule has 0 spiro atoms. The highest BCUT2D eigenvalue weighted by atomic mass is 28.3. The van der Waals surface area contributed by atoms with Gasteiger partial charge in [-0.15, -0.1) is 0 Å². The minimum atomic E-state index is -0.859. The molecule has 1 aliphatic heterocycles. The Labute approximate surface area is 97.9 Å². The highest BCUT2D eigenvalue weighted by molar-refractivity contribution is 6.57. The molecule has 92 valence electrons. The summed E-state index contributed by atoms with van der Waals surface area (Å²) in [6, 6.07) is 0. The van der Waals surface area contributed by atoms with Crippen LogP contribution in [-0.4, -0.2) is 33.1 Å². The number of carbonyl (C=O) groups is 2. The van der Waals surface area contributed by atoms with Gasteiger partial charge in [-0.3, -0.25) is 9.59 Å². The van der Waals surface area contributed by atoms with Crippen LogP contribution in [0.15, 0.2) is 0 Å².